The fourth-order valence-corrected chi connectivity index (χ4v) is 3.63. The summed E-state index contributed by atoms with van der Waals surface area (Å²) >= 11 is 0. The number of anilines is 2. The molecular formula is C18H22N2O3S. The van der Waals surface area contributed by atoms with E-state index in [1.807, 2.05) is 32.0 Å². The van der Waals surface area contributed by atoms with Crippen LogP contribution in [0.4, 0.5) is 11.4 Å². The van der Waals surface area contributed by atoms with Crippen LogP contribution in [0.5, 0.6) is 0 Å². The largest absolute Gasteiger partial charge is 0.326 e. The molecule has 128 valence electrons. The van der Waals surface area contributed by atoms with E-state index in [1.54, 1.807) is 12.1 Å². The van der Waals surface area contributed by atoms with Gasteiger partial charge in [-0.25, -0.2) is 8.42 Å². The molecule has 0 saturated heterocycles. The Hall–Kier alpha value is -2.34. The first kappa shape index (κ1) is 18.0. The molecule has 2 aromatic rings. The normalized spacial score (nSPS) is 11.1. The summed E-state index contributed by atoms with van der Waals surface area (Å²) in [5, 5.41) is 2.62. The van der Waals surface area contributed by atoms with Crippen molar-refractivity contribution < 1.29 is 13.2 Å². The third-order valence-electron chi connectivity index (χ3n) is 3.72. The number of hydrogen-bond acceptors (Lipinski definition) is 3. The van der Waals surface area contributed by atoms with Crippen LogP contribution in [0, 0.1) is 0 Å². The minimum Gasteiger partial charge on any atom is -0.326 e. The predicted octanol–water partition coefficient (Wildman–Crippen LogP) is 3.57. The Labute approximate surface area is 143 Å². The molecule has 24 heavy (non-hydrogen) atoms. The molecule has 5 nitrogen and oxygen atoms in total. The fourth-order valence-electron chi connectivity index (χ4n) is 2.49. The van der Waals surface area contributed by atoms with Crippen LogP contribution in [0.3, 0.4) is 0 Å². The molecule has 2 N–H and O–H groups in total. The highest BCUT2D eigenvalue weighted by Gasteiger charge is 2.17. The molecule has 0 aliphatic heterocycles. The van der Waals surface area contributed by atoms with E-state index in [1.165, 1.54) is 19.1 Å². The molecule has 0 aliphatic rings. The zero-order valence-corrected chi connectivity index (χ0v) is 14.9. The zero-order chi connectivity index (χ0) is 17.7. The predicted molar refractivity (Wildman–Crippen MR) is 96.8 cm³/mol. The highest BCUT2D eigenvalue weighted by Crippen LogP contribution is 2.26. The topological polar surface area (TPSA) is 75.3 Å². The lowest BCUT2D eigenvalue weighted by atomic mass is 10.0. The van der Waals surface area contributed by atoms with Gasteiger partial charge in [0.2, 0.25) is 5.91 Å². The number of rotatable bonds is 6. The van der Waals surface area contributed by atoms with Crippen molar-refractivity contribution in [3.05, 3.63) is 53.6 Å². The van der Waals surface area contributed by atoms with Gasteiger partial charge >= 0.3 is 0 Å². The van der Waals surface area contributed by atoms with E-state index < -0.39 is 10.0 Å². The van der Waals surface area contributed by atoms with E-state index in [4.69, 9.17) is 0 Å². The van der Waals surface area contributed by atoms with Crippen molar-refractivity contribution in [1.29, 1.82) is 0 Å². The summed E-state index contributed by atoms with van der Waals surface area (Å²) < 4.78 is 28.1. The molecule has 0 fully saturated rings. The zero-order valence-electron chi connectivity index (χ0n) is 14.1. The second kappa shape index (κ2) is 7.49. The Balaban J connectivity index is 2.34. The van der Waals surface area contributed by atoms with Gasteiger partial charge in [-0.2, -0.15) is 0 Å². The van der Waals surface area contributed by atoms with Gasteiger partial charge in [-0.15, -0.1) is 0 Å². The van der Waals surface area contributed by atoms with Crippen molar-refractivity contribution in [2.24, 2.45) is 0 Å². The first-order chi connectivity index (χ1) is 11.4. The molecule has 2 aromatic carbocycles. The number of carbonyl (C=O) groups is 1. The van der Waals surface area contributed by atoms with Gasteiger partial charge in [0.1, 0.15) is 0 Å². The summed E-state index contributed by atoms with van der Waals surface area (Å²) in [4.78, 5) is 11.2. The minimum absolute atomic E-state index is 0.157. The Morgan fingerprint density at radius 2 is 1.50 bits per heavy atom. The summed E-state index contributed by atoms with van der Waals surface area (Å²) in [6, 6.07) is 11.9. The van der Waals surface area contributed by atoms with Crippen LogP contribution < -0.4 is 10.0 Å². The van der Waals surface area contributed by atoms with E-state index >= 15 is 0 Å². The Bertz CT molecular complexity index is 806. The molecule has 0 radical (unpaired) electrons. The Morgan fingerprint density at radius 1 is 0.958 bits per heavy atom. The molecule has 0 unspecified atom stereocenters. The summed E-state index contributed by atoms with van der Waals surface area (Å²) in [5.74, 6) is -0.201. The van der Waals surface area contributed by atoms with Crippen molar-refractivity contribution >= 4 is 27.3 Å². The first-order valence-corrected chi connectivity index (χ1v) is 9.37. The maximum absolute atomic E-state index is 12.7. The van der Waals surface area contributed by atoms with Crippen LogP contribution >= 0.6 is 0 Å². The highest BCUT2D eigenvalue weighted by molar-refractivity contribution is 7.92. The molecule has 6 heteroatoms. The summed E-state index contributed by atoms with van der Waals surface area (Å²) in [6.07, 6.45) is 1.49. The van der Waals surface area contributed by atoms with E-state index in [-0.39, 0.29) is 10.8 Å². The quantitative estimate of drug-likeness (QED) is 0.839. The van der Waals surface area contributed by atoms with Crippen LogP contribution in [-0.2, 0) is 27.7 Å². The number of aryl methyl sites for hydroxylation is 2. The third-order valence-corrected chi connectivity index (χ3v) is 5.09. The monoisotopic (exact) mass is 346 g/mol. The van der Waals surface area contributed by atoms with Gasteiger partial charge in [-0.05, 0) is 48.2 Å². The third kappa shape index (κ3) is 4.14. The van der Waals surface area contributed by atoms with E-state index in [0.717, 1.165) is 24.0 Å². The van der Waals surface area contributed by atoms with Crippen molar-refractivity contribution in [3.63, 3.8) is 0 Å². The molecule has 0 bridgehead atoms. The summed E-state index contributed by atoms with van der Waals surface area (Å²) in [5.41, 5.74) is 3.15. The number of amides is 1. The van der Waals surface area contributed by atoms with Gasteiger partial charge < -0.3 is 5.32 Å². The number of carbonyl (C=O) groups excluding carboxylic acids is 1. The number of sulfonamides is 1. The van der Waals surface area contributed by atoms with Crippen molar-refractivity contribution in [3.8, 4) is 0 Å². The summed E-state index contributed by atoms with van der Waals surface area (Å²) in [7, 11) is -3.69. The average molecular weight is 346 g/mol. The van der Waals surface area contributed by atoms with Gasteiger partial charge in [0.15, 0.2) is 0 Å². The molecular weight excluding hydrogens is 324 g/mol. The average Bonchev–Trinajstić information content (AvgIpc) is 2.54. The van der Waals surface area contributed by atoms with Crippen LogP contribution in [0.15, 0.2) is 47.4 Å². The second-order valence-corrected chi connectivity index (χ2v) is 7.15. The lowest BCUT2D eigenvalue weighted by molar-refractivity contribution is -0.114. The lowest BCUT2D eigenvalue weighted by Gasteiger charge is -2.16. The van der Waals surface area contributed by atoms with Crippen molar-refractivity contribution in [2.75, 3.05) is 10.0 Å². The fraction of sp³-hybridized carbons (Fsp3) is 0.278. The molecule has 2 rings (SSSR count). The van der Waals surface area contributed by atoms with E-state index in [0.29, 0.717) is 11.4 Å². The van der Waals surface area contributed by atoms with Gasteiger partial charge in [-0.1, -0.05) is 32.0 Å². The van der Waals surface area contributed by atoms with Gasteiger partial charge in [0.05, 0.1) is 10.6 Å². The van der Waals surface area contributed by atoms with E-state index in [2.05, 4.69) is 10.0 Å². The van der Waals surface area contributed by atoms with Crippen LogP contribution in [0.1, 0.15) is 31.9 Å². The number of hydrogen-bond donors (Lipinski definition) is 2. The van der Waals surface area contributed by atoms with Gasteiger partial charge in [-0.3, -0.25) is 9.52 Å². The van der Waals surface area contributed by atoms with Crippen LogP contribution in [0.25, 0.3) is 0 Å². The molecule has 0 aromatic heterocycles. The molecule has 0 saturated carbocycles. The molecule has 1 amide bonds. The summed E-state index contributed by atoms with van der Waals surface area (Å²) in [6.45, 7) is 5.39. The molecule has 0 spiro atoms. The standard InChI is InChI=1S/C18H22N2O3S/c1-4-14-7-6-8-15(5-2)18(14)20-24(22,23)17-11-9-16(10-12-17)19-13(3)21/h6-12,20H,4-5H2,1-3H3,(H,19,21). The molecule has 0 heterocycles. The molecule has 0 aliphatic carbocycles. The van der Waals surface area contributed by atoms with Crippen LogP contribution in [-0.4, -0.2) is 14.3 Å². The van der Waals surface area contributed by atoms with E-state index in [9.17, 15) is 13.2 Å². The Morgan fingerprint density at radius 3 is 1.96 bits per heavy atom. The Kier molecular flexibility index (Phi) is 5.62. The minimum atomic E-state index is -3.69. The SMILES string of the molecule is CCc1cccc(CC)c1NS(=O)(=O)c1ccc(NC(C)=O)cc1. The maximum atomic E-state index is 12.7. The number of para-hydroxylation sites is 1. The van der Waals surface area contributed by atoms with Crippen molar-refractivity contribution in [2.45, 2.75) is 38.5 Å². The molecule has 0 atom stereocenters. The number of benzene rings is 2. The van der Waals surface area contributed by atoms with Gasteiger partial charge in [0, 0.05) is 12.6 Å². The first-order valence-electron chi connectivity index (χ1n) is 7.88. The van der Waals surface area contributed by atoms with Crippen molar-refractivity contribution in [1.82, 2.24) is 0 Å². The van der Waals surface area contributed by atoms with Crippen LogP contribution in [0.2, 0.25) is 0 Å². The number of nitrogens with one attached hydrogen (secondary N) is 2. The maximum Gasteiger partial charge on any atom is 0.261 e. The van der Waals surface area contributed by atoms with Gasteiger partial charge in [0.25, 0.3) is 10.0 Å². The smallest absolute Gasteiger partial charge is 0.261 e. The lowest BCUT2D eigenvalue weighted by Crippen LogP contribution is -2.16. The highest BCUT2D eigenvalue weighted by atomic mass is 32.2. The second-order valence-electron chi connectivity index (χ2n) is 5.47.